The van der Waals surface area contributed by atoms with E-state index in [1.165, 1.54) is 0 Å². The molecule has 0 fully saturated rings. The Kier molecular flexibility index (Phi) is 3.72. The van der Waals surface area contributed by atoms with Crippen LogP contribution in [0.25, 0.3) is 11.3 Å². The summed E-state index contributed by atoms with van der Waals surface area (Å²) in [4.78, 5) is 14.8. The van der Waals surface area contributed by atoms with Crippen molar-refractivity contribution >= 4 is 5.91 Å². The Morgan fingerprint density at radius 3 is 2.56 bits per heavy atom. The van der Waals surface area contributed by atoms with Crippen LogP contribution in [0.5, 0.6) is 0 Å². The van der Waals surface area contributed by atoms with Gasteiger partial charge in [-0.2, -0.15) is 0 Å². The largest absolute Gasteiger partial charge is 0.369 e. The molecule has 1 heterocycles. The van der Waals surface area contributed by atoms with E-state index in [1.54, 1.807) is 6.20 Å². The van der Waals surface area contributed by atoms with Crippen molar-refractivity contribution in [1.29, 1.82) is 0 Å². The highest BCUT2D eigenvalue weighted by atomic mass is 16.1. The molecule has 2 rings (SSSR count). The van der Waals surface area contributed by atoms with Gasteiger partial charge in [0.15, 0.2) is 0 Å². The molecule has 0 saturated carbocycles. The molecule has 0 spiro atoms. The number of pyridine rings is 1. The molecule has 1 aromatic heterocycles. The molecule has 0 aliphatic rings. The standard InChI is InChI=1S/C15H12N2O/c16-15(18)6-3-4-12-7-9-13(10-8-12)14-5-1-2-11-17-14/h1-2,5,7-11H,6H2,(H2,16,18). The van der Waals surface area contributed by atoms with Crippen LogP contribution in [0, 0.1) is 11.8 Å². The van der Waals surface area contributed by atoms with Crippen LogP contribution in [-0.2, 0) is 4.79 Å². The zero-order valence-electron chi connectivity index (χ0n) is 9.76. The molecule has 0 aliphatic heterocycles. The van der Waals surface area contributed by atoms with Crippen molar-refractivity contribution in [3.05, 3.63) is 54.2 Å². The summed E-state index contributed by atoms with van der Waals surface area (Å²) in [6.45, 7) is 0. The van der Waals surface area contributed by atoms with Gasteiger partial charge in [-0.3, -0.25) is 9.78 Å². The van der Waals surface area contributed by atoms with Crippen molar-refractivity contribution in [2.75, 3.05) is 0 Å². The summed E-state index contributed by atoms with van der Waals surface area (Å²) in [5.74, 6) is 5.19. The molecule has 88 valence electrons. The smallest absolute Gasteiger partial charge is 0.229 e. The first kappa shape index (κ1) is 11.9. The highest BCUT2D eigenvalue weighted by Gasteiger charge is 1.96. The fourth-order valence-electron chi connectivity index (χ4n) is 1.49. The molecule has 0 bridgehead atoms. The highest BCUT2D eigenvalue weighted by Crippen LogP contribution is 2.16. The third-order valence-corrected chi connectivity index (χ3v) is 2.34. The Morgan fingerprint density at radius 1 is 1.17 bits per heavy atom. The maximum Gasteiger partial charge on any atom is 0.229 e. The van der Waals surface area contributed by atoms with Crippen LogP contribution in [0.2, 0.25) is 0 Å². The molecule has 2 N–H and O–H groups in total. The number of hydrogen-bond acceptors (Lipinski definition) is 2. The summed E-state index contributed by atoms with van der Waals surface area (Å²) >= 11 is 0. The molecule has 0 unspecified atom stereocenters. The molecule has 0 saturated heterocycles. The maximum absolute atomic E-state index is 10.5. The van der Waals surface area contributed by atoms with Gasteiger partial charge in [0.25, 0.3) is 0 Å². The second-order valence-electron chi connectivity index (χ2n) is 3.74. The van der Waals surface area contributed by atoms with E-state index in [2.05, 4.69) is 16.8 Å². The molecule has 0 atom stereocenters. The van der Waals surface area contributed by atoms with Gasteiger partial charge < -0.3 is 5.73 Å². The number of nitrogens with zero attached hydrogens (tertiary/aromatic N) is 1. The number of rotatable bonds is 2. The van der Waals surface area contributed by atoms with Crippen LogP contribution in [-0.4, -0.2) is 10.9 Å². The van der Waals surface area contributed by atoms with Crippen LogP contribution in [0.1, 0.15) is 12.0 Å². The van der Waals surface area contributed by atoms with E-state index in [0.717, 1.165) is 16.8 Å². The number of carbonyl (C=O) groups excluding carboxylic acids is 1. The summed E-state index contributed by atoms with van der Waals surface area (Å²) in [6.07, 6.45) is 1.85. The van der Waals surface area contributed by atoms with Crippen LogP contribution < -0.4 is 5.73 Å². The van der Waals surface area contributed by atoms with E-state index in [-0.39, 0.29) is 6.42 Å². The van der Waals surface area contributed by atoms with Gasteiger partial charge in [0, 0.05) is 17.3 Å². The van der Waals surface area contributed by atoms with Gasteiger partial charge in [-0.1, -0.05) is 30.0 Å². The van der Waals surface area contributed by atoms with Crippen molar-refractivity contribution in [2.24, 2.45) is 5.73 Å². The predicted octanol–water partition coefficient (Wildman–Crippen LogP) is 1.98. The lowest BCUT2D eigenvalue weighted by Crippen LogP contribution is -2.08. The lowest BCUT2D eigenvalue weighted by Gasteiger charge is -1.99. The SMILES string of the molecule is NC(=O)CC#Cc1ccc(-c2ccccn2)cc1. The van der Waals surface area contributed by atoms with Gasteiger partial charge in [0.2, 0.25) is 5.91 Å². The molecule has 1 amide bonds. The zero-order valence-corrected chi connectivity index (χ0v) is 9.76. The van der Waals surface area contributed by atoms with Crippen LogP contribution in [0.4, 0.5) is 0 Å². The summed E-state index contributed by atoms with van der Waals surface area (Å²) < 4.78 is 0. The number of hydrogen-bond donors (Lipinski definition) is 1. The Labute approximate surface area is 106 Å². The maximum atomic E-state index is 10.5. The molecular weight excluding hydrogens is 224 g/mol. The predicted molar refractivity (Wildman–Crippen MR) is 70.4 cm³/mol. The van der Waals surface area contributed by atoms with E-state index in [9.17, 15) is 4.79 Å². The van der Waals surface area contributed by atoms with Crippen LogP contribution >= 0.6 is 0 Å². The number of aromatic nitrogens is 1. The summed E-state index contributed by atoms with van der Waals surface area (Å²) in [5.41, 5.74) is 7.83. The van der Waals surface area contributed by atoms with Crippen molar-refractivity contribution in [3.63, 3.8) is 0 Å². The van der Waals surface area contributed by atoms with E-state index in [1.807, 2.05) is 42.5 Å². The summed E-state index contributed by atoms with van der Waals surface area (Å²) in [6, 6.07) is 13.5. The topological polar surface area (TPSA) is 56.0 Å². The lowest BCUT2D eigenvalue weighted by molar-refractivity contribution is -0.117. The number of amides is 1. The molecule has 3 heteroatoms. The minimum Gasteiger partial charge on any atom is -0.369 e. The van der Waals surface area contributed by atoms with Gasteiger partial charge in [-0.15, -0.1) is 0 Å². The Balaban J connectivity index is 2.15. The van der Waals surface area contributed by atoms with Gasteiger partial charge >= 0.3 is 0 Å². The van der Waals surface area contributed by atoms with Gasteiger partial charge in [0.05, 0.1) is 12.1 Å². The minimum absolute atomic E-state index is 0.0853. The van der Waals surface area contributed by atoms with Gasteiger partial charge in [0.1, 0.15) is 0 Å². The Morgan fingerprint density at radius 2 is 1.94 bits per heavy atom. The first-order valence-corrected chi connectivity index (χ1v) is 5.54. The van der Waals surface area contributed by atoms with E-state index in [0.29, 0.717) is 0 Å². The second-order valence-corrected chi connectivity index (χ2v) is 3.74. The molecule has 0 radical (unpaired) electrons. The number of primary amides is 1. The van der Waals surface area contributed by atoms with Crippen molar-refractivity contribution in [3.8, 4) is 23.1 Å². The third kappa shape index (κ3) is 3.19. The first-order valence-electron chi connectivity index (χ1n) is 5.54. The van der Waals surface area contributed by atoms with Crippen LogP contribution in [0.15, 0.2) is 48.7 Å². The van der Waals surface area contributed by atoms with E-state index >= 15 is 0 Å². The quantitative estimate of drug-likeness (QED) is 0.810. The van der Waals surface area contributed by atoms with Crippen LogP contribution in [0.3, 0.4) is 0 Å². The molecule has 3 nitrogen and oxygen atoms in total. The van der Waals surface area contributed by atoms with E-state index in [4.69, 9.17) is 5.73 Å². The van der Waals surface area contributed by atoms with Crippen molar-refractivity contribution in [1.82, 2.24) is 4.98 Å². The summed E-state index contributed by atoms with van der Waals surface area (Å²) in [7, 11) is 0. The molecule has 1 aromatic carbocycles. The monoisotopic (exact) mass is 236 g/mol. The first-order chi connectivity index (χ1) is 8.75. The lowest BCUT2D eigenvalue weighted by atomic mass is 10.1. The minimum atomic E-state index is -0.410. The number of carbonyl (C=O) groups is 1. The normalized spacial score (nSPS) is 9.33. The van der Waals surface area contributed by atoms with Crippen molar-refractivity contribution in [2.45, 2.75) is 6.42 Å². The Hall–Kier alpha value is -2.60. The third-order valence-electron chi connectivity index (χ3n) is 2.34. The molecule has 18 heavy (non-hydrogen) atoms. The average Bonchev–Trinajstić information content (AvgIpc) is 2.40. The summed E-state index contributed by atoms with van der Waals surface area (Å²) in [5, 5.41) is 0. The highest BCUT2D eigenvalue weighted by molar-refractivity contribution is 5.76. The Bertz CT molecular complexity index is 592. The molecular formula is C15H12N2O. The fraction of sp³-hybridized carbons (Fsp3) is 0.0667. The molecule has 2 aromatic rings. The van der Waals surface area contributed by atoms with E-state index < -0.39 is 5.91 Å². The molecule has 0 aliphatic carbocycles. The zero-order chi connectivity index (χ0) is 12.8. The van der Waals surface area contributed by atoms with Crippen molar-refractivity contribution < 1.29 is 4.79 Å². The number of nitrogens with two attached hydrogens (primary N) is 1. The van der Waals surface area contributed by atoms with Gasteiger partial charge in [-0.05, 0) is 24.3 Å². The fourth-order valence-corrected chi connectivity index (χ4v) is 1.49. The average molecular weight is 236 g/mol. The second kappa shape index (κ2) is 5.65. The van der Waals surface area contributed by atoms with Gasteiger partial charge in [-0.25, -0.2) is 0 Å². The number of benzene rings is 1.